The number of nitrogens with zero attached hydrogens (tertiary/aromatic N) is 2. The number of thioether (sulfide) groups is 1. The molecule has 3 rings (SSSR count). The number of hydrogen-bond acceptors (Lipinski definition) is 6. The third-order valence-electron chi connectivity index (χ3n) is 3.05. The van der Waals surface area contributed by atoms with Gasteiger partial charge in [-0.25, -0.2) is 0 Å². The van der Waals surface area contributed by atoms with Gasteiger partial charge in [-0.1, -0.05) is 30.0 Å². The molecule has 0 amide bonds. The summed E-state index contributed by atoms with van der Waals surface area (Å²) in [6.45, 7) is 0. The molecule has 0 radical (unpaired) electrons. The molecule has 0 saturated heterocycles. The zero-order valence-electron chi connectivity index (χ0n) is 12.5. The molecule has 120 valence electrons. The summed E-state index contributed by atoms with van der Waals surface area (Å²) >= 11 is 1.46. The number of furan rings is 1. The van der Waals surface area contributed by atoms with Crippen molar-refractivity contribution in [2.24, 2.45) is 5.10 Å². The molecule has 0 aliphatic rings. The van der Waals surface area contributed by atoms with Gasteiger partial charge in [0.1, 0.15) is 0 Å². The normalized spacial score (nSPS) is 11.2. The second-order valence-corrected chi connectivity index (χ2v) is 5.79. The van der Waals surface area contributed by atoms with Gasteiger partial charge in [-0.15, -0.1) is 0 Å². The van der Waals surface area contributed by atoms with Crippen molar-refractivity contribution in [3.05, 3.63) is 88.9 Å². The topological polar surface area (TPSA) is 80.7 Å². The third kappa shape index (κ3) is 4.02. The number of benzene rings is 2. The zero-order chi connectivity index (χ0) is 16.8. The Morgan fingerprint density at radius 1 is 1.04 bits per heavy atom. The number of nitro groups is 1. The van der Waals surface area contributed by atoms with Crippen molar-refractivity contribution in [3.8, 4) is 0 Å². The number of hydrogen-bond donors (Lipinski definition) is 1. The number of non-ortho nitro benzene ring substituents is 1. The van der Waals surface area contributed by atoms with Gasteiger partial charge < -0.3 is 4.42 Å². The summed E-state index contributed by atoms with van der Waals surface area (Å²) in [5, 5.41) is 15.7. The van der Waals surface area contributed by atoms with Crippen LogP contribution in [0.4, 0.5) is 11.4 Å². The number of hydrazone groups is 1. The van der Waals surface area contributed by atoms with Crippen LogP contribution in [0.2, 0.25) is 0 Å². The molecule has 0 atom stereocenters. The molecule has 0 spiro atoms. The van der Waals surface area contributed by atoms with Crippen LogP contribution in [-0.2, 0) is 0 Å². The number of nitro benzene ring substituents is 1. The molecule has 0 aliphatic heterocycles. The summed E-state index contributed by atoms with van der Waals surface area (Å²) in [5.74, 6) is 0.637. The average Bonchev–Trinajstić information content (AvgIpc) is 3.14. The second-order valence-electron chi connectivity index (χ2n) is 4.73. The minimum atomic E-state index is -0.438. The quantitative estimate of drug-likeness (QED) is 0.238. The maximum Gasteiger partial charge on any atom is 0.269 e. The van der Waals surface area contributed by atoms with Crippen LogP contribution in [0.25, 0.3) is 0 Å². The fourth-order valence-corrected chi connectivity index (χ4v) is 2.73. The Bertz CT molecular complexity index is 831. The maximum absolute atomic E-state index is 10.7. The van der Waals surface area contributed by atoms with Gasteiger partial charge >= 0.3 is 0 Å². The Morgan fingerprint density at radius 3 is 2.42 bits per heavy atom. The van der Waals surface area contributed by atoms with Gasteiger partial charge in [-0.2, -0.15) is 5.10 Å². The predicted molar refractivity (Wildman–Crippen MR) is 94.3 cm³/mol. The van der Waals surface area contributed by atoms with E-state index in [0.29, 0.717) is 16.5 Å². The molecular formula is C17H13N3O3S. The summed E-state index contributed by atoms with van der Waals surface area (Å²) in [5.41, 5.74) is 3.59. The standard InChI is InChI=1S/C17H13N3O3S/c21-20(22)14-10-8-13(9-11-14)18-19-17(16-7-4-12-23-16)24-15-5-2-1-3-6-15/h1-12,18H/b19-17+. The summed E-state index contributed by atoms with van der Waals surface area (Å²) in [7, 11) is 0. The van der Waals surface area contributed by atoms with E-state index in [-0.39, 0.29) is 5.69 Å². The molecule has 24 heavy (non-hydrogen) atoms. The average molecular weight is 339 g/mol. The van der Waals surface area contributed by atoms with E-state index < -0.39 is 4.92 Å². The minimum Gasteiger partial charge on any atom is -0.462 e. The molecule has 0 fully saturated rings. The molecule has 0 unspecified atom stereocenters. The first-order chi connectivity index (χ1) is 11.7. The number of nitrogens with one attached hydrogen (secondary N) is 1. The van der Waals surface area contributed by atoms with Crippen molar-refractivity contribution in [2.45, 2.75) is 4.90 Å². The highest BCUT2D eigenvalue weighted by atomic mass is 32.2. The van der Waals surface area contributed by atoms with Crippen molar-refractivity contribution in [1.29, 1.82) is 0 Å². The van der Waals surface area contributed by atoms with E-state index in [1.54, 1.807) is 24.5 Å². The van der Waals surface area contributed by atoms with Crippen molar-refractivity contribution in [1.82, 2.24) is 0 Å². The Morgan fingerprint density at radius 2 is 1.79 bits per heavy atom. The molecule has 1 aromatic heterocycles. The highest BCUT2D eigenvalue weighted by molar-refractivity contribution is 8.14. The third-order valence-corrected chi connectivity index (χ3v) is 4.05. The van der Waals surface area contributed by atoms with Crippen LogP contribution < -0.4 is 5.43 Å². The first-order valence-electron chi connectivity index (χ1n) is 7.07. The van der Waals surface area contributed by atoms with E-state index in [4.69, 9.17) is 4.42 Å². The predicted octanol–water partition coefficient (Wildman–Crippen LogP) is 4.75. The summed E-state index contributed by atoms with van der Waals surface area (Å²) in [6.07, 6.45) is 1.59. The fourth-order valence-electron chi connectivity index (χ4n) is 1.90. The van der Waals surface area contributed by atoms with Crippen molar-refractivity contribution in [2.75, 3.05) is 5.43 Å². The van der Waals surface area contributed by atoms with Gasteiger partial charge in [0.05, 0.1) is 16.9 Å². The van der Waals surface area contributed by atoms with Gasteiger partial charge in [0.25, 0.3) is 5.69 Å². The maximum atomic E-state index is 10.7. The molecule has 1 N–H and O–H groups in total. The van der Waals surface area contributed by atoms with Crippen LogP contribution in [0.5, 0.6) is 0 Å². The van der Waals surface area contributed by atoms with E-state index in [0.717, 1.165) is 4.90 Å². The summed E-state index contributed by atoms with van der Waals surface area (Å²) in [6, 6.07) is 19.5. The summed E-state index contributed by atoms with van der Waals surface area (Å²) in [4.78, 5) is 11.3. The zero-order valence-corrected chi connectivity index (χ0v) is 13.3. The lowest BCUT2D eigenvalue weighted by Gasteiger charge is -2.05. The Labute approximate surface area is 142 Å². The smallest absolute Gasteiger partial charge is 0.269 e. The van der Waals surface area contributed by atoms with E-state index >= 15 is 0 Å². The molecule has 0 aliphatic carbocycles. The van der Waals surface area contributed by atoms with Gasteiger partial charge in [-0.05, 0) is 36.4 Å². The van der Waals surface area contributed by atoms with Crippen LogP contribution in [-0.4, -0.2) is 9.97 Å². The lowest BCUT2D eigenvalue weighted by molar-refractivity contribution is -0.384. The monoisotopic (exact) mass is 339 g/mol. The molecule has 3 aromatic rings. The molecule has 1 heterocycles. The second kappa shape index (κ2) is 7.47. The molecule has 2 aromatic carbocycles. The van der Waals surface area contributed by atoms with E-state index in [1.807, 2.05) is 36.4 Å². The summed E-state index contributed by atoms with van der Waals surface area (Å²) < 4.78 is 5.43. The van der Waals surface area contributed by atoms with Gasteiger partial charge in [-0.3, -0.25) is 15.5 Å². The molecule has 0 bridgehead atoms. The van der Waals surface area contributed by atoms with Gasteiger partial charge in [0.15, 0.2) is 10.8 Å². The Kier molecular flexibility index (Phi) is 4.93. The lowest BCUT2D eigenvalue weighted by Crippen LogP contribution is -1.99. The molecule has 6 nitrogen and oxygen atoms in total. The Balaban J connectivity index is 1.80. The van der Waals surface area contributed by atoms with Crippen molar-refractivity contribution in [3.63, 3.8) is 0 Å². The molecular weight excluding hydrogens is 326 g/mol. The van der Waals surface area contributed by atoms with E-state index in [1.165, 1.54) is 23.9 Å². The van der Waals surface area contributed by atoms with Crippen LogP contribution in [0.15, 0.2) is 87.4 Å². The van der Waals surface area contributed by atoms with E-state index in [2.05, 4.69) is 10.5 Å². The van der Waals surface area contributed by atoms with Gasteiger partial charge in [0, 0.05) is 17.0 Å². The largest absolute Gasteiger partial charge is 0.462 e. The van der Waals surface area contributed by atoms with E-state index in [9.17, 15) is 10.1 Å². The molecule has 7 heteroatoms. The number of anilines is 1. The molecule has 0 saturated carbocycles. The van der Waals surface area contributed by atoms with Crippen molar-refractivity contribution >= 4 is 28.2 Å². The lowest BCUT2D eigenvalue weighted by atomic mass is 10.3. The van der Waals surface area contributed by atoms with Crippen LogP contribution >= 0.6 is 11.8 Å². The van der Waals surface area contributed by atoms with Crippen molar-refractivity contribution < 1.29 is 9.34 Å². The van der Waals surface area contributed by atoms with Gasteiger partial charge in [0.2, 0.25) is 0 Å². The first-order valence-corrected chi connectivity index (χ1v) is 7.89. The Hall–Kier alpha value is -3.06. The SMILES string of the molecule is O=[N+]([O-])c1ccc(N/N=C(/Sc2ccccc2)c2ccco2)cc1. The van der Waals surface area contributed by atoms with Crippen LogP contribution in [0, 0.1) is 10.1 Å². The fraction of sp³-hybridized carbons (Fsp3) is 0. The van der Waals surface area contributed by atoms with Crippen LogP contribution in [0.3, 0.4) is 0 Å². The van der Waals surface area contributed by atoms with Crippen LogP contribution in [0.1, 0.15) is 5.76 Å². The number of rotatable bonds is 5. The minimum absolute atomic E-state index is 0.0365. The highest BCUT2D eigenvalue weighted by Crippen LogP contribution is 2.24. The first kappa shape index (κ1) is 15.8. The highest BCUT2D eigenvalue weighted by Gasteiger charge is 2.10.